The predicted octanol–water partition coefficient (Wildman–Crippen LogP) is 4.38. The minimum atomic E-state index is -3.64. The normalized spacial score (nSPS) is 12.8. The molecule has 0 radical (unpaired) electrons. The van der Waals surface area contributed by atoms with E-state index in [1.54, 1.807) is 43.3 Å². The van der Waals surface area contributed by atoms with Crippen molar-refractivity contribution >= 4 is 26.4 Å². The van der Waals surface area contributed by atoms with Crippen LogP contribution >= 0.6 is 0 Å². The Morgan fingerprint density at radius 1 is 1.12 bits per heavy atom. The van der Waals surface area contributed by atoms with Crippen molar-refractivity contribution in [3.8, 4) is 0 Å². The number of rotatable bonds is 5. The first-order valence-corrected chi connectivity index (χ1v) is 9.73. The van der Waals surface area contributed by atoms with Crippen LogP contribution in [0.25, 0.3) is 10.9 Å². The van der Waals surface area contributed by atoms with Crippen LogP contribution in [0, 0.1) is 17.0 Å². The van der Waals surface area contributed by atoms with E-state index in [4.69, 9.17) is 0 Å². The van der Waals surface area contributed by atoms with Crippen molar-refractivity contribution in [3.05, 3.63) is 76.0 Å². The summed E-state index contributed by atoms with van der Waals surface area (Å²) in [7, 11) is -3.64. The zero-order chi connectivity index (χ0) is 18.9. The number of nitrogens with zero attached hydrogens (tertiary/aromatic N) is 2. The highest BCUT2D eigenvalue weighted by atomic mass is 32.2. The average Bonchev–Trinajstić information content (AvgIpc) is 2.62. The molecule has 0 aliphatic heterocycles. The van der Waals surface area contributed by atoms with Gasteiger partial charge in [0.05, 0.1) is 15.1 Å². The minimum absolute atomic E-state index is 0.132. The minimum Gasteiger partial charge on any atom is -0.258 e. The molecule has 7 heteroatoms. The molecular weight excluding hydrogens is 352 g/mol. The van der Waals surface area contributed by atoms with Gasteiger partial charge in [0, 0.05) is 17.6 Å². The van der Waals surface area contributed by atoms with Gasteiger partial charge >= 0.3 is 0 Å². The third kappa shape index (κ3) is 3.06. The second-order valence-electron chi connectivity index (χ2n) is 6.09. The molecule has 3 aromatic rings. The quantitative estimate of drug-likeness (QED) is 0.491. The fourth-order valence-corrected chi connectivity index (χ4v) is 4.93. The Kier molecular flexibility index (Phi) is 4.73. The van der Waals surface area contributed by atoms with E-state index in [1.807, 2.05) is 6.92 Å². The van der Waals surface area contributed by atoms with E-state index >= 15 is 0 Å². The first-order valence-electron chi connectivity index (χ1n) is 8.19. The fraction of sp³-hybridized carbons (Fsp3) is 0.211. The summed E-state index contributed by atoms with van der Waals surface area (Å²) in [4.78, 5) is 15.1. The second kappa shape index (κ2) is 6.84. The number of pyridine rings is 1. The highest BCUT2D eigenvalue weighted by molar-refractivity contribution is 7.91. The molecule has 0 amide bonds. The van der Waals surface area contributed by atoms with Crippen molar-refractivity contribution in [3.63, 3.8) is 0 Å². The van der Waals surface area contributed by atoms with E-state index in [0.717, 1.165) is 5.56 Å². The number of fused-ring (bicyclic) bond motifs is 1. The monoisotopic (exact) mass is 370 g/mol. The zero-order valence-corrected chi connectivity index (χ0v) is 15.2. The van der Waals surface area contributed by atoms with Gasteiger partial charge in [0.1, 0.15) is 5.52 Å². The number of aryl methyl sites for hydroxylation is 1. The average molecular weight is 370 g/mol. The summed E-state index contributed by atoms with van der Waals surface area (Å²) in [5, 5.41) is 10.9. The van der Waals surface area contributed by atoms with E-state index < -0.39 is 20.0 Å². The number of non-ortho nitro benzene ring substituents is 1. The first kappa shape index (κ1) is 18.0. The summed E-state index contributed by atoms with van der Waals surface area (Å²) in [6, 6.07) is 12.9. The van der Waals surface area contributed by atoms with Crippen molar-refractivity contribution in [1.82, 2.24) is 4.98 Å². The molecule has 1 heterocycles. The molecular formula is C19H18N2O4S. The van der Waals surface area contributed by atoms with Gasteiger partial charge in [-0.05, 0) is 37.1 Å². The first-order chi connectivity index (χ1) is 12.4. The highest BCUT2D eigenvalue weighted by Crippen LogP contribution is 2.37. The Morgan fingerprint density at radius 3 is 2.42 bits per heavy atom. The van der Waals surface area contributed by atoms with E-state index in [9.17, 15) is 18.5 Å². The van der Waals surface area contributed by atoms with E-state index in [0.29, 0.717) is 17.4 Å². The Bertz CT molecular complexity index is 1080. The van der Waals surface area contributed by atoms with E-state index in [1.165, 1.54) is 18.3 Å². The lowest BCUT2D eigenvalue weighted by atomic mass is 10.0. The molecule has 0 saturated heterocycles. The second-order valence-corrected chi connectivity index (χ2v) is 8.22. The van der Waals surface area contributed by atoms with E-state index in [2.05, 4.69) is 4.98 Å². The Labute approximate surface area is 151 Å². The van der Waals surface area contributed by atoms with Crippen molar-refractivity contribution in [2.75, 3.05) is 0 Å². The lowest BCUT2D eigenvalue weighted by Gasteiger charge is -2.18. The van der Waals surface area contributed by atoms with Crippen LogP contribution in [0.5, 0.6) is 0 Å². The fourth-order valence-electron chi connectivity index (χ4n) is 3.11. The number of benzene rings is 2. The molecule has 26 heavy (non-hydrogen) atoms. The summed E-state index contributed by atoms with van der Waals surface area (Å²) in [5.74, 6) is 0. The largest absolute Gasteiger partial charge is 0.295 e. The number of hydrogen-bond donors (Lipinski definition) is 0. The molecule has 2 aromatic carbocycles. The molecule has 6 nitrogen and oxygen atoms in total. The molecule has 1 unspecified atom stereocenters. The topological polar surface area (TPSA) is 90.2 Å². The van der Waals surface area contributed by atoms with Gasteiger partial charge in [-0.2, -0.15) is 0 Å². The van der Waals surface area contributed by atoms with Gasteiger partial charge in [0.2, 0.25) is 0 Å². The Balaban J connectivity index is 2.22. The molecule has 1 atom stereocenters. The molecule has 3 rings (SSSR count). The van der Waals surface area contributed by atoms with E-state index in [-0.39, 0.29) is 16.1 Å². The number of aromatic nitrogens is 1. The summed E-state index contributed by atoms with van der Waals surface area (Å²) < 4.78 is 26.4. The molecule has 134 valence electrons. The van der Waals surface area contributed by atoms with Crippen LogP contribution in [-0.2, 0) is 9.84 Å². The predicted molar refractivity (Wildman–Crippen MR) is 99.8 cm³/mol. The van der Waals surface area contributed by atoms with Crippen LogP contribution < -0.4 is 0 Å². The molecule has 0 saturated carbocycles. The number of sulfone groups is 1. The molecule has 0 bridgehead atoms. The van der Waals surface area contributed by atoms with Crippen LogP contribution in [0.2, 0.25) is 0 Å². The molecule has 1 aromatic heterocycles. The SMILES string of the molecule is CCC(c1ccc([N+](=O)[O-])c2ncccc12)S(=O)(=O)c1ccc(C)cc1. The summed E-state index contributed by atoms with van der Waals surface area (Å²) >= 11 is 0. The number of hydrogen-bond acceptors (Lipinski definition) is 5. The zero-order valence-electron chi connectivity index (χ0n) is 14.4. The summed E-state index contributed by atoms with van der Waals surface area (Å²) in [6.45, 7) is 3.68. The van der Waals surface area contributed by atoms with Gasteiger partial charge in [0.25, 0.3) is 5.69 Å². The Morgan fingerprint density at radius 2 is 1.81 bits per heavy atom. The van der Waals surface area contributed by atoms with Gasteiger partial charge in [-0.3, -0.25) is 10.1 Å². The van der Waals surface area contributed by atoms with Crippen LogP contribution in [0.1, 0.15) is 29.7 Å². The third-order valence-electron chi connectivity index (χ3n) is 4.42. The van der Waals surface area contributed by atoms with Gasteiger partial charge in [-0.25, -0.2) is 13.4 Å². The lowest BCUT2D eigenvalue weighted by Crippen LogP contribution is -2.14. The molecule has 0 spiro atoms. The Hall–Kier alpha value is -2.80. The molecule has 0 aliphatic rings. The van der Waals surface area contributed by atoms with Crippen LogP contribution in [0.4, 0.5) is 5.69 Å². The maximum Gasteiger partial charge on any atom is 0.295 e. The third-order valence-corrected chi connectivity index (χ3v) is 6.69. The highest BCUT2D eigenvalue weighted by Gasteiger charge is 2.30. The van der Waals surface area contributed by atoms with Gasteiger partial charge in [-0.1, -0.05) is 36.8 Å². The smallest absolute Gasteiger partial charge is 0.258 e. The maximum atomic E-state index is 13.2. The number of nitro groups is 1. The van der Waals surface area contributed by atoms with Crippen LogP contribution in [-0.4, -0.2) is 18.3 Å². The van der Waals surface area contributed by atoms with Gasteiger partial charge in [0.15, 0.2) is 9.84 Å². The van der Waals surface area contributed by atoms with Crippen molar-refractivity contribution in [1.29, 1.82) is 0 Å². The standard InChI is InChI=1S/C19H18N2O4S/c1-3-18(26(24,25)14-8-6-13(2)7-9-14)15-10-11-17(21(22)23)19-16(15)5-4-12-20-19/h4-12,18H,3H2,1-2H3. The van der Waals surface area contributed by atoms with Crippen LogP contribution in [0.15, 0.2) is 59.6 Å². The molecule has 0 aliphatic carbocycles. The van der Waals surface area contributed by atoms with Crippen molar-refractivity contribution in [2.45, 2.75) is 30.4 Å². The maximum absolute atomic E-state index is 13.2. The van der Waals surface area contributed by atoms with Gasteiger partial charge in [-0.15, -0.1) is 0 Å². The van der Waals surface area contributed by atoms with Crippen molar-refractivity contribution in [2.24, 2.45) is 0 Å². The summed E-state index contributed by atoms with van der Waals surface area (Å²) in [5.41, 5.74) is 1.57. The molecule has 0 N–H and O–H groups in total. The number of nitro benzene ring substituents is 1. The van der Waals surface area contributed by atoms with Crippen LogP contribution in [0.3, 0.4) is 0 Å². The lowest BCUT2D eigenvalue weighted by molar-refractivity contribution is -0.383. The summed E-state index contributed by atoms with van der Waals surface area (Å²) in [6.07, 6.45) is 1.81. The van der Waals surface area contributed by atoms with Gasteiger partial charge < -0.3 is 0 Å². The van der Waals surface area contributed by atoms with Crippen molar-refractivity contribution < 1.29 is 13.3 Å². The molecule has 0 fully saturated rings.